The first-order valence-corrected chi connectivity index (χ1v) is 14.6. The van der Waals surface area contributed by atoms with Crippen molar-refractivity contribution >= 4 is 0 Å². The average molecular weight is 619 g/mol. The van der Waals surface area contributed by atoms with Crippen LogP contribution in [0.5, 0.6) is 0 Å². The standard InChI is InChI=1S/C22H22.C17H14F6/c1-17-9-13-20(14-10-17)22(3,19-7-5-4-6-8-19)21-15-11-18(2)12-16-21;1-11-3-7-13(8-4-11)15(16(18,19)20,17(21,22)23)14-9-5-12(2)6-10-14/h4-16H,1-3H3;3-10H,1-2H3. The van der Waals surface area contributed by atoms with Gasteiger partial charge in [0.1, 0.15) is 0 Å². The van der Waals surface area contributed by atoms with Crippen molar-refractivity contribution < 1.29 is 26.3 Å². The highest BCUT2D eigenvalue weighted by Gasteiger charge is 2.72. The lowest BCUT2D eigenvalue weighted by atomic mass is 9.71. The van der Waals surface area contributed by atoms with E-state index in [1.165, 1.54) is 52.1 Å². The summed E-state index contributed by atoms with van der Waals surface area (Å²) in [6, 6.07) is 37.1. The molecule has 0 nitrogen and oxygen atoms in total. The van der Waals surface area contributed by atoms with Crippen molar-refractivity contribution in [3.8, 4) is 0 Å². The predicted octanol–water partition coefficient (Wildman–Crippen LogP) is 11.4. The molecule has 0 saturated carbocycles. The maximum absolute atomic E-state index is 13.7. The van der Waals surface area contributed by atoms with E-state index in [-0.39, 0.29) is 5.41 Å². The van der Waals surface area contributed by atoms with Gasteiger partial charge in [0.15, 0.2) is 0 Å². The predicted molar refractivity (Wildman–Crippen MR) is 170 cm³/mol. The second-order valence-corrected chi connectivity index (χ2v) is 11.7. The number of hydrogen-bond acceptors (Lipinski definition) is 0. The van der Waals surface area contributed by atoms with Gasteiger partial charge < -0.3 is 0 Å². The Bertz CT molecular complexity index is 1550. The Labute approximate surface area is 261 Å². The molecule has 5 rings (SSSR count). The second kappa shape index (κ2) is 13.0. The van der Waals surface area contributed by atoms with Gasteiger partial charge in [-0.15, -0.1) is 0 Å². The summed E-state index contributed by atoms with van der Waals surface area (Å²) in [6.45, 7) is 9.78. The van der Waals surface area contributed by atoms with Crippen LogP contribution in [0.15, 0.2) is 127 Å². The fourth-order valence-electron chi connectivity index (χ4n) is 5.63. The first-order valence-electron chi connectivity index (χ1n) is 14.6. The van der Waals surface area contributed by atoms with Gasteiger partial charge in [0.25, 0.3) is 0 Å². The lowest BCUT2D eigenvalue weighted by Gasteiger charge is -2.38. The number of halogens is 6. The molecule has 0 saturated heterocycles. The maximum atomic E-state index is 13.7. The monoisotopic (exact) mass is 618 g/mol. The molecule has 0 bridgehead atoms. The molecule has 5 aromatic carbocycles. The van der Waals surface area contributed by atoms with Gasteiger partial charge in [0.2, 0.25) is 5.41 Å². The van der Waals surface area contributed by atoms with Crippen molar-refractivity contribution in [1.29, 1.82) is 0 Å². The van der Waals surface area contributed by atoms with E-state index in [4.69, 9.17) is 0 Å². The van der Waals surface area contributed by atoms with Crippen LogP contribution in [0.4, 0.5) is 26.3 Å². The van der Waals surface area contributed by atoms with Crippen LogP contribution in [0.1, 0.15) is 57.0 Å². The van der Waals surface area contributed by atoms with Gasteiger partial charge in [0, 0.05) is 5.41 Å². The van der Waals surface area contributed by atoms with Crippen LogP contribution in [-0.2, 0) is 10.8 Å². The quantitative estimate of drug-likeness (QED) is 0.136. The first kappa shape index (κ1) is 33.6. The van der Waals surface area contributed by atoms with E-state index in [9.17, 15) is 26.3 Å². The molecule has 0 aromatic heterocycles. The Hall–Kier alpha value is -4.32. The molecular formula is C39H36F6. The third-order valence-corrected chi connectivity index (χ3v) is 8.43. The Morgan fingerprint density at radius 3 is 0.844 bits per heavy atom. The van der Waals surface area contributed by atoms with E-state index in [1.807, 2.05) is 0 Å². The molecular weight excluding hydrogens is 582 g/mol. The summed E-state index contributed by atoms with van der Waals surface area (Å²) in [4.78, 5) is 0. The van der Waals surface area contributed by atoms with Gasteiger partial charge in [-0.2, -0.15) is 26.3 Å². The van der Waals surface area contributed by atoms with Crippen LogP contribution >= 0.6 is 0 Å². The summed E-state index contributed by atoms with van der Waals surface area (Å²) in [5.74, 6) is 0. The summed E-state index contributed by atoms with van der Waals surface area (Å²) < 4.78 is 82.3. The topological polar surface area (TPSA) is 0 Å². The smallest absolute Gasteiger partial charge is 0.169 e. The second-order valence-electron chi connectivity index (χ2n) is 11.7. The van der Waals surface area contributed by atoms with E-state index in [2.05, 4.69) is 99.6 Å². The van der Waals surface area contributed by atoms with E-state index in [0.717, 1.165) is 24.3 Å². The molecule has 0 aliphatic heterocycles. The lowest BCUT2D eigenvalue weighted by molar-refractivity contribution is -0.288. The van der Waals surface area contributed by atoms with Crippen molar-refractivity contribution in [3.05, 3.63) is 177 Å². The SMILES string of the molecule is Cc1ccc(C(C)(c2ccccc2)c2ccc(C)cc2)cc1.Cc1ccc(C(c2ccc(C)cc2)(C(F)(F)F)C(F)(F)F)cc1. The lowest BCUT2D eigenvalue weighted by Crippen LogP contribution is -2.54. The van der Waals surface area contributed by atoms with Gasteiger partial charge in [-0.3, -0.25) is 0 Å². The summed E-state index contributed by atoms with van der Waals surface area (Å²) >= 11 is 0. The van der Waals surface area contributed by atoms with Crippen molar-refractivity contribution in [2.45, 2.75) is 57.8 Å². The minimum atomic E-state index is -5.53. The minimum Gasteiger partial charge on any atom is -0.169 e. The van der Waals surface area contributed by atoms with Crippen molar-refractivity contribution in [3.63, 3.8) is 0 Å². The van der Waals surface area contributed by atoms with Crippen LogP contribution in [0.25, 0.3) is 0 Å². The van der Waals surface area contributed by atoms with E-state index >= 15 is 0 Å². The highest BCUT2D eigenvalue weighted by atomic mass is 19.4. The molecule has 0 aliphatic rings. The molecule has 0 spiro atoms. The van der Waals surface area contributed by atoms with Crippen LogP contribution < -0.4 is 0 Å². The minimum absolute atomic E-state index is 0.136. The zero-order valence-corrected chi connectivity index (χ0v) is 25.9. The Kier molecular flexibility index (Phi) is 9.67. The number of rotatable bonds is 5. The number of aryl methyl sites for hydroxylation is 4. The van der Waals surface area contributed by atoms with Gasteiger partial charge >= 0.3 is 12.4 Å². The van der Waals surface area contributed by atoms with Gasteiger partial charge in [-0.05, 0) is 62.4 Å². The molecule has 0 heterocycles. The van der Waals surface area contributed by atoms with Crippen LogP contribution in [0.2, 0.25) is 0 Å². The molecule has 0 radical (unpaired) electrons. The molecule has 0 aliphatic carbocycles. The highest BCUT2D eigenvalue weighted by Crippen LogP contribution is 2.56. The molecule has 0 amide bonds. The number of benzene rings is 5. The summed E-state index contributed by atoms with van der Waals surface area (Å²) in [7, 11) is 0. The largest absolute Gasteiger partial charge is 0.411 e. The third kappa shape index (κ3) is 6.70. The summed E-state index contributed by atoms with van der Waals surface area (Å²) in [5, 5.41) is 0. The normalized spacial score (nSPS) is 12.3. The molecule has 5 aromatic rings. The molecule has 6 heteroatoms. The van der Waals surface area contributed by atoms with Crippen molar-refractivity contribution in [2.24, 2.45) is 0 Å². The number of alkyl halides is 6. The molecule has 45 heavy (non-hydrogen) atoms. The van der Waals surface area contributed by atoms with Gasteiger partial charge in [-0.1, -0.05) is 150 Å². The Morgan fingerprint density at radius 2 is 0.578 bits per heavy atom. The van der Waals surface area contributed by atoms with E-state index in [1.54, 1.807) is 13.8 Å². The molecule has 0 fully saturated rings. The van der Waals surface area contributed by atoms with E-state index < -0.39 is 28.9 Å². The highest BCUT2D eigenvalue weighted by molar-refractivity contribution is 5.50. The zero-order valence-electron chi connectivity index (χ0n) is 25.9. The van der Waals surface area contributed by atoms with E-state index in [0.29, 0.717) is 11.1 Å². The summed E-state index contributed by atoms with van der Waals surface area (Å²) in [5.41, 5.74) is 1.85. The van der Waals surface area contributed by atoms with Gasteiger partial charge in [0.05, 0.1) is 0 Å². The number of hydrogen-bond donors (Lipinski definition) is 0. The van der Waals surface area contributed by atoms with Crippen LogP contribution in [-0.4, -0.2) is 12.4 Å². The fourth-order valence-corrected chi connectivity index (χ4v) is 5.63. The Morgan fingerprint density at radius 1 is 0.333 bits per heavy atom. The fraction of sp³-hybridized carbons (Fsp3) is 0.231. The third-order valence-electron chi connectivity index (χ3n) is 8.43. The molecule has 0 unspecified atom stereocenters. The average Bonchev–Trinajstić information content (AvgIpc) is 2.99. The molecule has 0 N–H and O–H groups in total. The van der Waals surface area contributed by atoms with Crippen molar-refractivity contribution in [1.82, 2.24) is 0 Å². The zero-order chi connectivity index (χ0) is 33.0. The summed E-state index contributed by atoms with van der Waals surface area (Å²) in [6.07, 6.45) is -11.1. The first-order chi connectivity index (χ1) is 21.1. The van der Waals surface area contributed by atoms with Crippen LogP contribution in [0, 0.1) is 27.7 Å². The van der Waals surface area contributed by atoms with Gasteiger partial charge in [-0.25, -0.2) is 0 Å². The molecule has 234 valence electrons. The van der Waals surface area contributed by atoms with Crippen molar-refractivity contribution in [2.75, 3.05) is 0 Å². The van der Waals surface area contributed by atoms with Crippen LogP contribution in [0.3, 0.4) is 0 Å². The Balaban J connectivity index is 0.000000205. The maximum Gasteiger partial charge on any atom is 0.411 e. The molecule has 0 atom stereocenters.